The average molecular weight is 643 g/mol. The fraction of sp³-hybridized carbons (Fsp3) is 0.205. The lowest BCUT2D eigenvalue weighted by atomic mass is 9.79. The Labute approximate surface area is 289 Å². The number of phenolic OH excluding ortho intramolecular Hbond substituents is 1. The highest BCUT2D eigenvalue weighted by Crippen LogP contribution is 2.44. The summed E-state index contributed by atoms with van der Waals surface area (Å²) in [6, 6.07) is 35.5. The first-order valence-corrected chi connectivity index (χ1v) is 16.8. The molecule has 3 heterocycles. The first-order chi connectivity index (χ1) is 23.4. The lowest BCUT2D eigenvalue weighted by molar-refractivity contribution is 0.446. The van der Waals surface area contributed by atoms with E-state index in [2.05, 4.69) is 132 Å². The highest BCUT2D eigenvalue weighted by atomic mass is 16.3. The normalized spacial score (nSPS) is 12.1. The van der Waals surface area contributed by atoms with Gasteiger partial charge in [0.1, 0.15) is 17.1 Å². The summed E-state index contributed by atoms with van der Waals surface area (Å²) in [6.07, 6.45) is 5.71. The lowest BCUT2D eigenvalue weighted by Gasteiger charge is -2.27. The molecule has 0 bridgehead atoms. The number of aromatic hydroxyl groups is 1. The fourth-order valence-electron chi connectivity index (χ4n) is 6.49. The zero-order chi connectivity index (χ0) is 34.5. The van der Waals surface area contributed by atoms with Gasteiger partial charge in [0.2, 0.25) is 0 Å². The second-order valence-electron chi connectivity index (χ2n) is 14.9. The van der Waals surface area contributed by atoms with Crippen LogP contribution in [0.2, 0.25) is 0 Å². The van der Waals surface area contributed by atoms with Crippen molar-refractivity contribution in [3.63, 3.8) is 0 Å². The van der Waals surface area contributed by atoms with Crippen LogP contribution in [0.4, 0.5) is 0 Å². The number of benzene rings is 4. The van der Waals surface area contributed by atoms with Gasteiger partial charge in [0, 0.05) is 34.8 Å². The van der Waals surface area contributed by atoms with Gasteiger partial charge < -0.3 is 5.11 Å². The maximum atomic E-state index is 12.0. The Morgan fingerprint density at radius 3 is 1.98 bits per heavy atom. The number of imidazole rings is 1. The van der Waals surface area contributed by atoms with E-state index < -0.39 is 0 Å². The van der Waals surface area contributed by atoms with Crippen molar-refractivity contribution >= 4 is 11.0 Å². The molecule has 0 saturated heterocycles. The Morgan fingerprint density at radius 2 is 1.29 bits per heavy atom. The summed E-state index contributed by atoms with van der Waals surface area (Å²) in [6.45, 7) is 15.1. The standard InChI is InChI=1S/C44H42N4O/c1-28-25-46-38(24-34(28)29-15-10-8-11-16-29)31-18-14-17-30(21-31)36-26-45-27-39-40(36)47-42(48(39)33-19-12-9-13-20-33)35-22-32(43(2,3)4)23-37(41(35)49)44(5,6)7/h8-27,49H,1-7H3. The molecule has 0 spiro atoms. The van der Waals surface area contributed by atoms with Crippen LogP contribution in [0.1, 0.15) is 58.2 Å². The van der Waals surface area contributed by atoms with Gasteiger partial charge >= 0.3 is 0 Å². The van der Waals surface area contributed by atoms with Gasteiger partial charge in [0.05, 0.1) is 23.0 Å². The van der Waals surface area contributed by atoms with Gasteiger partial charge in [-0.05, 0) is 75.9 Å². The molecule has 1 N–H and O–H groups in total. The van der Waals surface area contributed by atoms with E-state index in [0.29, 0.717) is 11.4 Å². The minimum atomic E-state index is -0.277. The largest absolute Gasteiger partial charge is 0.507 e. The van der Waals surface area contributed by atoms with Crippen molar-refractivity contribution in [2.24, 2.45) is 0 Å². The number of hydrogen-bond acceptors (Lipinski definition) is 4. The molecule has 0 amide bonds. The van der Waals surface area contributed by atoms with E-state index in [4.69, 9.17) is 15.0 Å². The highest BCUT2D eigenvalue weighted by Gasteiger charge is 2.28. The van der Waals surface area contributed by atoms with E-state index in [-0.39, 0.29) is 16.6 Å². The van der Waals surface area contributed by atoms with Crippen LogP contribution in [0.3, 0.4) is 0 Å². The number of nitrogens with zero attached hydrogens (tertiary/aromatic N) is 4. The lowest BCUT2D eigenvalue weighted by Crippen LogP contribution is -2.17. The summed E-state index contributed by atoms with van der Waals surface area (Å²) in [7, 11) is 0. The molecule has 7 aromatic rings. The molecular formula is C44H42N4O. The molecule has 3 aromatic heterocycles. The van der Waals surface area contributed by atoms with E-state index in [1.54, 1.807) is 0 Å². The fourth-order valence-corrected chi connectivity index (χ4v) is 6.49. The molecule has 49 heavy (non-hydrogen) atoms. The number of para-hydroxylation sites is 1. The van der Waals surface area contributed by atoms with Crippen molar-refractivity contribution in [3.05, 3.63) is 138 Å². The molecule has 0 unspecified atom stereocenters. The quantitative estimate of drug-likeness (QED) is 0.203. The summed E-state index contributed by atoms with van der Waals surface area (Å²) in [5.74, 6) is 0.928. The molecule has 5 heteroatoms. The van der Waals surface area contributed by atoms with E-state index in [9.17, 15) is 5.11 Å². The number of aromatic nitrogens is 4. The van der Waals surface area contributed by atoms with Gasteiger partial charge in [-0.1, -0.05) is 114 Å². The Morgan fingerprint density at radius 1 is 0.612 bits per heavy atom. The van der Waals surface area contributed by atoms with Gasteiger partial charge in [-0.3, -0.25) is 14.5 Å². The van der Waals surface area contributed by atoms with Gasteiger partial charge in [0.15, 0.2) is 0 Å². The van der Waals surface area contributed by atoms with Crippen LogP contribution in [-0.4, -0.2) is 24.6 Å². The maximum Gasteiger partial charge on any atom is 0.149 e. The third-order valence-corrected chi connectivity index (χ3v) is 9.27. The average Bonchev–Trinajstić information content (AvgIpc) is 3.48. The molecule has 0 aliphatic carbocycles. The molecular weight excluding hydrogens is 601 g/mol. The van der Waals surface area contributed by atoms with Crippen molar-refractivity contribution in [1.82, 2.24) is 19.5 Å². The monoisotopic (exact) mass is 642 g/mol. The minimum absolute atomic E-state index is 0.135. The first kappa shape index (κ1) is 32.0. The van der Waals surface area contributed by atoms with E-state index in [1.807, 2.05) is 42.9 Å². The number of pyridine rings is 2. The van der Waals surface area contributed by atoms with Crippen LogP contribution in [-0.2, 0) is 10.8 Å². The van der Waals surface area contributed by atoms with Gasteiger partial charge in [-0.25, -0.2) is 4.98 Å². The summed E-state index contributed by atoms with van der Waals surface area (Å²) >= 11 is 0. The topological polar surface area (TPSA) is 63.8 Å². The molecule has 0 saturated carbocycles. The Bertz CT molecular complexity index is 2310. The van der Waals surface area contributed by atoms with Crippen LogP contribution in [0.5, 0.6) is 5.75 Å². The van der Waals surface area contributed by atoms with Crippen LogP contribution in [0.15, 0.2) is 122 Å². The third kappa shape index (κ3) is 6.02. The predicted octanol–water partition coefficient (Wildman–Crippen LogP) is 11.1. The zero-order valence-corrected chi connectivity index (χ0v) is 29.3. The molecule has 0 aliphatic heterocycles. The molecule has 0 atom stereocenters. The van der Waals surface area contributed by atoms with Crippen molar-refractivity contribution in [3.8, 4) is 56.3 Å². The van der Waals surface area contributed by atoms with Crippen LogP contribution >= 0.6 is 0 Å². The van der Waals surface area contributed by atoms with Crippen LogP contribution in [0.25, 0.3) is 61.6 Å². The Balaban J connectivity index is 1.45. The molecule has 0 aliphatic rings. The summed E-state index contributed by atoms with van der Waals surface area (Å²) in [5.41, 5.74) is 12.2. The highest BCUT2D eigenvalue weighted by molar-refractivity contribution is 5.96. The SMILES string of the molecule is Cc1cnc(-c2cccc(-c3cncc4c3nc(-c3cc(C(C)(C)C)cc(C(C)(C)C)c3O)n4-c3ccccc3)c2)cc1-c1ccccc1. The zero-order valence-electron chi connectivity index (χ0n) is 29.3. The van der Waals surface area contributed by atoms with Crippen LogP contribution in [0, 0.1) is 6.92 Å². The molecule has 7 rings (SSSR count). The van der Waals surface area contributed by atoms with E-state index in [1.165, 1.54) is 5.56 Å². The number of aryl methyl sites for hydroxylation is 1. The molecule has 244 valence electrons. The summed E-state index contributed by atoms with van der Waals surface area (Å²) in [4.78, 5) is 14.9. The minimum Gasteiger partial charge on any atom is -0.507 e. The van der Waals surface area contributed by atoms with Crippen LogP contribution < -0.4 is 0 Å². The van der Waals surface area contributed by atoms with Crippen molar-refractivity contribution < 1.29 is 5.11 Å². The second-order valence-corrected chi connectivity index (χ2v) is 14.9. The molecule has 4 aromatic carbocycles. The molecule has 5 nitrogen and oxygen atoms in total. The summed E-state index contributed by atoms with van der Waals surface area (Å²) in [5, 5.41) is 12.0. The maximum absolute atomic E-state index is 12.0. The van der Waals surface area contributed by atoms with Crippen molar-refractivity contribution in [2.45, 2.75) is 59.3 Å². The number of fused-ring (bicyclic) bond motifs is 1. The van der Waals surface area contributed by atoms with E-state index in [0.717, 1.165) is 61.4 Å². The van der Waals surface area contributed by atoms with Crippen molar-refractivity contribution in [1.29, 1.82) is 0 Å². The predicted molar refractivity (Wildman–Crippen MR) is 202 cm³/mol. The molecule has 0 fully saturated rings. The first-order valence-electron chi connectivity index (χ1n) is 16.8. The number of hydrogen-bond donors (Lipinski definition) is 1. The molecule has 0 radical (unpaired) electrons. The van der Waals surface area contributed by atoms with Gasteiger partial charge in [0.25, 0.3) is 0 Å². The Kier molecular flexibility index (Phi) is 7.95. The van der Waals surface area contributed by atoms with Gasteiger partial charge in [-0.15, -0.1) is 0 Å². The number of rotatable bonds is 5. The second kappa shape index (κ2) is 12.2. The van der Waals surface area contributed by atoms with Gasteiger partial charge in [-0.2, -0.15) is 0 Å². The summed E-state index contributed by atoms with van der Waals surface area (Å²) < 4.78 is 2.12. The van der Waals surface area contributed by atoms with Crippen molar-refractivity contribution in [2.75, 3.05) is 0 Å². The Hall–Kier alpha value is -5.55. The smallest absolute Gasteiger partial charge is 0.149 e. The van der Waals surface area contributed by atoms with E-state index >= 15 is 0 Å². The number of phenols is 1. The third-order valence-electron chi connectivity index (χ3n) is 9.27.